The molecule has 0 spiro atoms. The van der Waals surface area contributed by atoms with Gasteiger partial charge in [-0.3, -0.25) is 4.79 Å². The molecule has 7 heteroatoms. The van der Waals surface area contributed by atoms with Crippen LogP contribution < -0.4 is 15.7 Å². The third kappa shape index (κ3) is 3.64. The lowest BCUT2D eigenvalue weighted by molar-refractivity contribution is 0.0951. The smallest absolute Gasteiger partial charge is 0.271 e. The molecule has 2 heterocycles. The molecule has 5 rings (SSSR count). The topological polar surface area (TPSA) is 92.5 Å². The summed E-state index contributed by atoms with van der Waals surface area (Å²) < 4.78 is 11.1. The van der Waals surface area contributed by atoms with Gasteiger partial charge in [-0.05, 0) is 48.5 Å². The van der Waals surface area contributed by atoms with E-state index >= 15 is 0 Å². The van der Waals surface area contributed by atoms with Crippen LogP contribution in [0.25, 0.3) is 33.4 Å². The molecule has 3 aromatic carbocycles. The zero-order valence-corrected chi connectivity index (χ0v) is 16.6. The Kier molecular flexibility index (Phi) is 4.68. The van der Waals surface area contributed by atoms with Crippen molar-refractivity contribution in [2.45, 2.75) is 0 Å². The molecular weight excluding hydrogens is 392 g/mol. The van der Waals surface area contributed by atoms with E-state index in [1.165, 1.54) is 0 Å². The summed E-state index contributed by atoms with van der Waals surface area (Å²) in [5, 5.41) is 5.17. The molecule has 0 aliphatic carbocycles. The first kappa shape index (κ1) is 18.6. The van der Waals surface area contributed by atoms with Crippen LogP contribution in [0.4, 0.5) is 0 Å². The van der Waals surface area contributed by atoms with Crippen LogP contribution in [0.1, 0.15) is 10.4 Å². The number of amides is 1. The highest BCUT2D eigenvalue weighted by molar-refractivity contribution is 5.94. The van der Waals surface area contributed by atoms with Gasteiger partial charge < -0.3 is 14.1 Å². The first-order valence-electron chi connectivity index (χ1n) is 9.67. The second kappa shape index (κ2) is 7.79. The van der Waals surface area contributed by atoms with E-state index in [4.69, 9.17) is 9.15 Å². The number of hydrogen-bond acceptors (Lipinski definition) is 5. The van der Waals surface area contributed by atoms with E-state index in [1.54, 1.807) is 31.4 Å². The molecule has 2 aromatic heterocycles. The van der Waals surface area contributed by atoms with Crippen molar-refractivity contribution >= 4 is 27.9 Å². The van der Waals surface area contributed by atoms with E-state index in [0.717, 1.165) is 16.4 Å². The van der Waals surface area contributed by atoms with Gasteiger partial charge in [0.05, 0.1) is 23.7 Å². The van der Waals surface area contributed by atoms with Crippen molar-refractivity contribution in [1.29, 1.82) is 0 Å². The van der Waals surface area contributed by atoms with Crippen molar-refractivity contribution in [2.24, 2.45) is 5.10 Å². The van der Waals surface area contributed by atoms with Crippen molar-refractivity contribution < 1.29 is 13.9 Å². The Labute approximate surface area is 177 Å². The first-order valence-corrected chi connectivity index (χ1v) is 9.67. The van der Waals surface area contributed by atoms with Crippen LogP contribution in [-0.4, -0.2) is 23.0 Å². The molecule has 0 atom stereocenters. The van der Waals surface area contributed by atoms with E-state index in [1.807, 2.05) is 54.6 Å². The number of nitrogens with zero attached hydrogens (tertiary/aromatic N) is 2. The van der Waals surface area contributed by atoms with Gasteiger partial charge in [-0.25, -0.2) is 10.4 Å². The molecule has 0 saturated carbocycles. The number of carbonyl (C=O) groups is 1. The summed E-state index contributed by atoms with van der Waals surface area (Å²) >= 11 is 0. The second-order valence-electron chi connectivity index (χ2n) is 6.89. The maximum Gasteiger partial charge on any atom is 0.271 e. The summed E-state index contributed by atoms with van der Waals surface area (Å²) in [6.45, 7) is 0. The monoisotopic (exact) mass is 410 g/mol. The molecule has 2 N–H and O–H groups in total. The van der Waals surface area contributed by atoms with Crippen molar-refractivity contribution in [3.8, 4) is 17.1 Å². The molecule has 0 saturated heterocycles. The van der Waals surface area contributed by atoms with E-state index in [9.17, 15) is 4.79 Å². The lowest BCUT2D eigenvalue weighted by Gasteiger charge is -2.04. The van der Waals surface area contributed by atoms with Gasteiger partial charge in [0.2, 0.25) is 5.55 Å². The highest BCUT2D eigenvalue weighted by Crippen LogP contribution is 2.21. The van der Waals surface area contributed by atoms with Gasteiger partial charge in [-0.15, -0.1) is 5.10 Å². The van der Waals surface area contributed by atoms with Crippen molar-refractivity contribution in [2.75, 3.05) is 7.11 Å². The number of fused-ring (bicyclic) bond motifs is 2. The fourth-order valence-corrected chi connectivity index (χ4v) is 3.31. The highest BCUT2D eigenvalue weighted by Gasteiger charge is 2.12. The summed E-state index contributed by atoms with van der Waals surface area (Å²) in [5.41, 5.74) is 6.31. The molecular formula is C24H18N4O3. The lowest BCUT2D eigenvalue weighted by Crippen LogP contribution is -2.22. The summed E-state index contributed by atoms with van der Waals surface area (Å²) in [5.74, 6) is 0.917. The molecule has 152 valence electrons. The van der Waals surface area contributed by atoms with Crippen LogP contribution in [0, 0.1) is 0 Å². The Balaban J connectivity index is 1.59. The molecule has 0 aliphatic rings. The van der Waals surface area contributed by atoms with Gasteiger partial charge in [0.1, 0.15) is 17.2 Å². The number of rotatable bonds is 4. The van der Waals surface area contributed by atoms with Crippen LogP contribution in [-0.2, 0) is 0 Å². The Morgan fingerprint density at radius 1 is 1.03 bits per heavy atom. The minimum absolute atomic E-state index is 0.250. The number of aromatic nitrogens is 2. The zero-order valence-electron chi connectivity index (χ0n) is 16.6. The van der Waals surface area contributed by atoms with Crippen LogP contribution >= 0.6 is 0 Å². The maximum atomic E-state index is 12.6. The van der Waals surface area contributed by atoms with Gasteiger partial charge in [0.15, 0.2) is 0 Å². The number of benzene rings is 3. The van der Waals surface area contributed by atoms with Gasteiger partial charge in [0.25, 0.3) is 5.91 Å². The zero-order chi connectivity index (χ0) is 21.2. The van der Waals surface area contributed by atoms with Gasteiger partial charge >= 0.3 is 0 Å². The normalized spacial score (nSPS) is 11.7. The predicted molar refractivity (Wildman–Crippen MR) is 117 cm³/mol. The Hall–Kier alpha value is -4.39. The van der Waals surface area contributed by atoms with Crippen molar-refractivity contribution in [1.82, 2.24) is 15.4 Å². The minimum Gasteiger partial charge on any atom is -0.497 e. The van der Waals surface area contributed by atoms with Gasteiger partial charge in [-0.2, -0.15) is 0 Å². The number of nitrogens with one attached hydrogen (secondary N) is 2. The third-order valence-corrected chi connectivity index (χ3v) is 4.91. The van der Waals surface area contributed by atoms with E-state index in [0.29, 0.717) is 28.3 Å². The second-order valence-corrected chi connectivity index (χ2v) is 6.89. The molecule has 0 radical (unpaired) electrons. The maximum absolute atomic E-state index is 12.6. The number of para-hydroxylation sites is 3. The molecule has 0 unspecified atom stereocenters. The Bertz CT molecular complexity index is 1430. The molecule has 7 nitrogen and oxygen atoms in total. The molecule has 31 heavy (non-hydrogen) atoms. The number of carbonyl (C=O) groups excluding carboxylic acids is 1. The minimum atomic E-state index is -0.360. The summed E-state index contributed by atoms with van der Waals surface area (Å²) in [6.07, 6.45) is 0. The highest BCUT2D eigenvalue weighted by atomic mass is 16.5. The fourth-order valence-electron chi connectivity index (χ4n) is 3.31. The number of imidazole rings is 1. The van der Waals surface area contributed by atoms with E-state index < -0.39 is 0 Å². The van der Waals surface area contributed by atoms with Crippen molar-refractivity contribution in [3.63, 3.8) is 0 Å². The van der Waals surface area contributed by atoms with Crippen molar-refractivity contribution in [3.05, 3.63) is 90.0 Å². The summed E-state index contributed by atoms with van der Waals surface area (Å²) in [6, 6.07) is 24.1. The molecule has 0 fully saturated rings. The third-order valence-electron chi connectivity index (χ3n) is 4.91. The SMILES string of the molecule is COc1ccc(C(=O)N/N=c2/oc3ccccc3cc2-c2nc3ccccc3[nH]2)cc1. The quantitative estimate of drug-likeness (QED) is 0.434. The summed E-state index contributed by atoms with van der Waals surface area (Å²) in [4.78, 5) is 20.5. The van der Waals surface area contributed by atoms with Crippen LogP contribution in [0.5, 0.6) is 5.75 Å². The average molecular weight is 410 g/mol. The first-order chi connectivity index (χ1) is 15.2. The van der Waals surface area contributed by atoms with Crippen LogP contribution in [0.15, 0.2) is 88.4 Å². The number of methoxy groups -OCH3 is 1. The summed E-state index contributed by atoms with van der Waals surface area (Å²) in [7, 11) is 1.57. The number of H-pyrrole nitrogens is 1. The lowest BCUT2D eigenvalue weighted by atomic mass is 10.2. The molecule has 0 bridgehead atoms. The number of hydrogen-bond donors (Lipinski definition) is 2. The van der Waals surface area contributed by atoms with Crippen LogP contribution in [0.2, 0.25) is 0 Å². The number of ether oxygens (including phenoxy) is 1. The number of aromatic amines is 1. The van der Waals surface area contributed by atoms with Crippen LogP contribution in [0.3, 0.4) is 0 Å². The Morgan fingerprint density at radius 3 is 2.61 bits per heavy atom. The van der Waals surface area contributed by atoms with E-state index in [-0.39, 0.29) is 11.5 Å². The molecule has 0 aliphatic heterocycles. The molecule has 1 amide bonds. The standard InChI is InChI=1S/C24H18N4O3/c1-30-17-12-10-15(11-13-17)23(29)27-28-24-18(14-16-6-2-5-9-21(16)31-24)22-25-19-7-3-4-8-20(19)26-22/h2-14H,1H3,(H,25,26)(H,27,29)/b28-24+. The van der Waals surface area contributed by atoms with E-state index in [2.05, 4.69) is 20.5 Å². The fraction of sp³-hybridized carbons (Fsp3) is 0.0417. The average Bonchev–Trinajstić information content (AvgIpc) is 3.26. The Morgan fingerprint density at radius 2 is 1.81 bits per heavy atom. The van der Waals surface area contributed by atoms with Gasteiger partial charge in [0, 0.05) is 10.9 Å². The van der Waals surface area contributed by atoms with Gasteiger partial charge in [-0.1, -0.05) is 30.3 Å². The largest absolute Gasteiger partial charge is 0.497 e. The molecule has 5 aromatic rings. The predicted octanol–water partition coefficient (Wildman–Crippen LogP) is 4.23.